The first-order valence-corrected chi connectivity index (χ1v) is 7.92. The molecule has 0 aromatic rings. The Labute approximate surface area is 91.4 Å². The van der Waals surface area contributed by atoms with Crippen LogP contribution < -0.4 is 0 Å². The van der Waals surface area contributed by atoms with Gasteiger partial charge in [-0.3, -0.25) is 4.79 Å². The van der Waals surface area contributed by atoms with Gasteiger partial charge in [0, 0.05) is 5.57 Å². The van der Waals surface area contributed by atoms with E-state index in [9.17, 15) is 9.59 Å². The summed E-state index contributed by atoms with van der Waals surface area (Å²) in [6.07, 6.45) is -0.108. The van der Waals surface area contributed by atoms with E-state index >= 15 is 0 Å². The smallest absolute Gasteiger partial charge is 0.320 e. The van der Waals surface area contributed by atoms with E-state index in [1.807, 2.05) is 20.0 Å². The zero-order valence-corrected chi connectivity index (χ0v) is 10.8. The van der Waals surface area contributed by atoms with Gasteiger partial charge in [0.1, 0.15) is 0 Å². The number of ether oxygens (including phenoxy) is 1. The predicted octanol–water partition coefficient (Wildman–Crippen LogP) is 1.87. The Bertz CT molecular complexity index is 271. The van der Waals surface area contributed by atoms with E-state index in [1.54, 1.807) is 0 Å². The van der Waals surface area contributed by atoms with Gasteiger partial charge >= 0.3 is 11.9 Å². The lowest BCUT2D eigenvalue weighted by molar-refractivity contribution is -0.141. The zero-order chi connectivity index (χ0) is 12.1. The molecule has 86 valence electrons. The topological polar surface area (TPSA) is 52.6 Å². The van der Waals surface area contributed by atoms with Gasteiger partial charge in [0.25, 0.3) is 0 Å². The molecule has 0 saturated heterocycles. The largest absolute Gasteiger partial charge is 0.516 e. The van der Waals surface area contributed by atoms with E-state index in [-0.39, 0.29) is 12.0 Å². The van der Waals surface area contributed by atoms with Crippen LogP contribution in [0.5, 0.6) is 0 Å². The average Bonchev–Trinajstić information content (AvgIpc) is 2.16. The molecule has 4 nitrogen and oxygen atoms in total. The van der Waals surface area contributed by atoms with Crippen LogP contribution >= 0.6 is 0 Å². The maximum absolute atomic E-state index is 11.5. The molecule has 0 bridgehead atoms. The van der Waals surface area contributed by atoms with Crippen LogP contribution in [-0.2, 0) is 18.8 Å². The van der Waals surface area contributed by atoms with E-state index in [2.05, 4.69) is 11.3 Å². The SMILES string of the molecule is C=C(CC(=O)OC)C(=O)O[Si](C)(C)CC. The molecular formula is C10H18O4Si. The predicted molar refractivity (Wildman–Crippen MR) is 59.8 cm³/mol. The Balaban J connectivity index is 4.23. The molecule has 0 heterocycles. The Morgan fingerprint density at radius 2 is 1.87 bits per heavy atom. The Morgan fingerprint density at radius 1 is 1.33 bits per heavy atom. The number of hydrogen-bond acceptors (Lipinski definition) is 4. The van der Waals surface area contributed by atoms with Gasteiger partial charge in [-0.25, -0.2) is 4.79 Å². The van der Waals surface area contributed by atoms with Crippen molar-refractivity contribution in [1.82, 2.24) is 0 Å². The lowest BCUT2D eigenvalue weighted by Crippen LogP contribution is -2.33. The third kappa shape index (κ3) is 5.36. The number of hydrogen-bond donors (Lipinski definition) is 0. The third-order valence-corrected chi connectivity index (χ3v) is 4.54. The van der Waals surface area contributed by atoms with Gasteiger partial charge in [-0.2, -0.15) is 0 Å². The summed E-state index contributed by atoms with van der Waals surface area (Å²) in [5.74, 6) is -0.966. The highest BCUT2D eigenvalue weighted by molar-refractivity contribution is 6.72. The Kier molecular flexibility index (Phi) is 5.28. The number of rotatable bonds is 5. The van der Waals surface area contributed by atoms with E-state index in [0.29, 0.717) is 0 Å². The van der Waals surface area contributed by atoms with Crippen molar-refractivity contribution in [3.8, 4) is 0 Å². The molecule has 0 aliphatic carbocycles. The first-order chi connectivity index (χ1) is 6.82. The van der Waals surface area contributed by atoms with Crippen molar-refractivity contribution in [2.45, 2.75) is 32.5 Å². The second kappa shape index (κ2) is 5.70. The van der Waals surface area contributed by atoms with Gasteiger partial charge in [-0.15, -0.1) is 0 Å². The molecule has 0 atom stereocenters. The molecule has 0 radical (unpaired) electrons. The lowest BCUT2D eigenvalue weighted by atomic mass is 10.2. The van der Waals surface area contributed by atoms with Crippen LogP contribution in [0.4, 0.5) is 0 Å². The molecule has 15 heavy (non-hydrogen) atoms. The molecular weight excluding hydrogens is 212 g/mol. The highest BCUT2D eigenvalue weighted by Gasteiger charge is 2.26. The number of methoxy groups -OCH3 is 1. The molecule has 0 aliphatic rings. The van der Waals surface area contributed by atoms with Crippen LogP contribution in [-0.4, -0.2) is 27.4 Å². The zero-order valence-electron chi connectivity index (χ0n) is 9.75. The van der Waals surface area contributed by atoms with Crippen LogP contribution in [0.2, 0.25) is 19.1 Å². The van der Waals surface area contributed by atoms with Crippen molar-refractivity contribution >= 4 is 20.3 Å². The molecule has 5 heteroatoms. The van der Waals surface area contributed by atoms with Gasteiger partial charge in [0.15, 0.2) is 0 Å². The monoisotopic (exact) mass is 230 g/mol. The van der Waals surface area contributed by atoms with Crippen LogP contribution in [0.3, 0.4) is 0 Å². The van der Waals surface area contributed by atoms with Crippen molar-refractivity contribution < 1.29 is 18.8 Å². The molecule has 0 rings (SSSR count). The molecule has 0 aromatic carbocycles. The summed E-state index contributed by atoms with van der Waals surface area (Å²) in [5.41, 5.74) is 0.149. The van der Waals surface area contributed by atoms with E-state index in [1.165, 1.54) is 7.11 Å². The van der Waals surface area contributed by atoms with Crippen molar-refractivity contribution in [3.05, 3.63) is 12.2 Å². The third-order valence-electron chi connectivity index (χ3n) is 2.09. The number of esters is 1. The molecule has 0 spiro atoms. The first kappa shape index (κ1) is 13.9. The molecule has 0 amide bonds. The van der Waals surface area contributed by atoms with Gasteiger partial charge < -0.3 is 9.16 Å². The molecule has 0 N–H and O–H groups in total. The summed E-state index contributed by atoms with van der Waals surface area (Å²) in [5, 5.41) is 0. The molecule has 0 fully saturated rings. The molecule has 0 aromatic heterocycles. The fourth-order valence-corrected chi connectivity index (χ4v) is 1.50. The minimum atomic E-state index is -1.93. The minimum Gasteiger partial charge on any atom is -0.516 e. The highest BCUT2D eigenvalue weighted by atomic mass is 28.4. The fraction of sp³-hybridized carbons (Fsp3) is 0.600. The Morgan fingerprint density at radius 3 is 2.27 bits per heavy atom. The standard InChI is InChI=1S/C10H18O4Si/c1-6-15(4,5)14-10(12)8(2)7-9(11)13-3/h2,6-7H2,1,3-5H3. The van der Waals surface area contributed by atoms with Crippen LogP contribution in [0.25, 0.3) is 0 Å². The fourth-order valence-electron chi connectivity index (χ4n) is 0.714. The van der Waals surface area contributed by atoms with Crippen molar-refractivity contribution in [3.63, 3.8) is 0 Å². The molecule has 0 aliphatic heterocycles. The summed E-state index contributed by atoms with van der Waals surface area (Å²) in [6.45, 7) is 9.36. The average molecular weight is 230 g/mol. The van der Waals surface area contributed by atoms with Crippen molar-refractivity contribution in [2.24, 2.45) is 0 Å². The second-order valence-corrected chi connectivity index (χ2v) is 8.29. The van der Waals surface area contributed by atoms with Crippen molar-refractivity contribution in [2.75, 3.05) is 7.11 Å². The van der Waals surface area contributed by atoms with Gasteiger partial charge in [-0.1, -0.05) is 13.5 Å². The number of carbonyl (C=O) groups excluding carboxylic acids is 2. The Hall–Kier alpha value is -1.10. The van der Waals surface area contributed by atoms with Gasteiger partial charge in [-0.05, 0) is 19.1 Å². The van der Waals surface area contributed by atoms with Crippen molar-refractivity contribution in [1.29, 1.82) is 0 Å². The molecule has 0 unspecified atom stereocenters. The van der Waals surface area contributed by atoms with Gasteiger partial charge in [0.05, 0.1) is 13.5 Å². The second-order valence-electron chi connectivity index (χ2n) is 3.86. The van der Waals surface area contributed by atoms with Crippen LogP contribution in [0, 0.1) is 0 Å². The quantitative estimate of drug-likeness (QED) is 0.411. The van der Waals surface area contributed by atoms with Gasteiger partial charge in [0.2, 0.25) is 8.32 Å². The highest BCUT2D eigenvalue weighted by Crippen LogP contribution is 2.13. The van der Waals surface area contributed by atoms with E-state index < -0.39 is 20.3 Å². The maximum atomic E-state index is 11.5. The summed E-state index contributed by atoms with van der Waals surface area (Å²) >= 11 is 0. The lowest BCUT2D eigenvalue weighted by Gasteiger charge is -2.21. The normalized spacial score (nSPS) is 10.7. The number of carbonyl (C=O) groups is 2. The minimum absolute atomic E-state index is 0.108. The maximum Gasteiger partial charge on any atom is 0.320 e. The first-order valence-electron chi connectivity index (χ1n) is 4.80. The van der Waals surface area contributed by atoms with Crippen LogP contribution in [0.15, 0.2) is 12.2 Å². The summed E-state index contributed by atoms with van der Waals surface area (Å²) in [4.78, 5) is 22.4. The molecule has 0 saturated carbocycles. The van der Waals surface area contributed by atoms with Crippen LogP contribution in [0.1, 0.15) is 13.3 Å². The van der Waals surface area contributed by atoms with E-state index in [4.69, 9.17) is 4.43 Å². The summed E-state index contributed by atoms with van der Waals surface area (Å²) < 4.78 is 9.72. The summed E-state index contributed by atoms with van der Waals surface area (Å²) in [6, 6.07) is 0.838. The van der Waals surface area contributed by atoms with E-state index in [0.717, 1.165) is 6.04 Å². The summed E-state index contributed by atoms with van der Waals surface area (Å²) in [7, 11) is -0.657.